The molecule has 1 aliphatic rings. The van der Waals surface area contributed by atoms with Crippen molar-refractivity contribution < 1.29 is 22.8 Å². The predicted octanol–water partition coefficient (Wildman–Crippen LogP) is 2.04. The third-order valence-corrected chi connectivity index (χ3v) is 7.28. The van der Waals surface area contributed by atoms with E-state index in [1.54, 1.807) is 37.3 Å². The molecule has 164 valence electrons. The summed E-state index contributed by atoms with van der Waals surface area (Å²) in [6.07, 6.45) is 0.288. The molecule has 2 aromatic rings. The zero-order valence-electron chi connectivity index (χ0n) is 17.0. The maximum atomic E-state index is 13.3. The summed E-state index contributed by atoms with van der Waals surface area (Å²) in [4.78, 5) is 39.5. The van der Waals surface area contributed by atoms with E-state index in [-0.39, 0.29) is 23.4 Å². The van der Waals surface area contributed by atoms with E-state index < -0.39 is 40.3 Å². The van der Waals surface area contributed by atoms with Gasteiger partial charge in [-0.2, -0.15) is 0 Å². The second-order valence-corrected chi connectivity index (χ2v) is 9.20. The molecule has 3 amide bonds. The van der Waals surface area contributed by atoms with Crippen LogP contribution in [0.1, 0.15) is 29.3 Å². The molecule has 1 unspecified atom stereocenters. The van der Waals surface area contributed by atoms with Gasteiger partial charge in [-0.3, -0.25) is 14.4 Å². The summed E-state index contributed by atoms with van der Waals surface area (Å²) < 4.78 is 26.2. The third-order valence-electron chi connectivity index (χ3n) is 5.12. The lowest BCUT2D eigenvalue weighted by Crippen LogP contribution is -2.51. The molecule has 31 heavy (non-hydrogen) atoms. The number of fused-ring (bicyclic) bond motifs is 1. The normalized spacial score (nSPS) is 15.3. The number of sulfonamides is 1. The molecule has 8 nitrogen and oxygen atoms in total. The van der Waals surface area contributed by atoms with E-state index in [1.807, 2.05) is 0 Å². The van der Waals surface area contributed by atoms with Crippen molar-refractivity contribution >= 4 is 39.3 Å². The number of benzene rings is 2. The molecule has 0 aliphatic carbocycles. The molecule has 2 aromatic carbocycles. The Bertz CT molecular complexity index is 1140. The van der Waals surface area contributed by atoms with Gasteiger partial charge in [0.05, 0.1) is 5.56 Å². The summed E-state index contributed by atoms with van der Waals surface area (Å²) in [7, 11) is -2.70. The van der Waals surface area contributed by atoms with Gasteiger partial charge in [0.15, 0.2) is 0 Å². The lowest BCUT2D eigenvalue weighted by Gasteiger charge is -2.31. The van der Waals surface area contributed by atoms with Gasteiger partial charge in [-0.15, -0.1) is 0 Å². The highest BCUT2D eigenvalue weighted by Gasteiger charge is 2.43. The van der Waals surface area contributed by atoms with Crippen LogP contribution in [-0.2, 0) is 26.2 Å². The van der Waals surface area contributed by atoms with Crippen LogP contribution in [-0.4, -0.2) is 55.0 Å². The minimum atomic E-state index is -4.15. The van der Waals surface area contributed by atoms with Crippen molar-refractivity contribution in [2.45, 2.75) is 30.8 Å². The van der Waals surface area contributed by atoms with Crippen molar-refractivity contribution in [3.63, 3.8) is 0 Å². The molecular formula is C21H22ClN3O5S. The molecule has 0 saturated heterocycles. The molecule has 10 heteroatoms. The highest BCUT2D eigenvalue weighted by molar-refractivity contribution is 7.90. The highest BCUT2D eigenvalue weighted by Crippen LogP contribution is 2.30. The van der Waals surface area contributed by atoms with Gasteiger partial charge in [-0.25, -0.2) is 12.7 Å². The predicted molar refractivity (Wildman–Crippen MR) is 115 cm³/mol. The Kier molecular flexibility index (Phi) is 6.66. The van der Waals surface area contributed by atoms with E-state index in [0.717, 1.165) is 0 Å². The molecule has 0 spiro atoms. The van der Waals surface area contributed by atoms with Gasteiger partial charge in [0.2, 0.25) is 11.8 Å². The van der Waals surface area contributed by atoms with Crippen LogP contribution in [0, 0.1) is 0 Å². The summed E-state index contributed by atoms with van der Waals surface area (Å²) in [5.74, 6) is -1.85. The number of carbonyl (C=O) groups is 3. The average Bonchev–Trinajstić information content (AvgIpc) is 2.95. The maximum absolute atomic E-state index is 13.3. The number of carbonyl (C=O) groups excluding carboxylic acids is 3. The minimum absolute atomic E-state index is 0.0144. The summed E-state index contributed by atoms with van der Waals surface area (Å²) in [5, 5.41) is 2.93. The Morgan fingerprint density at radius 3 is 2.39 bits per heavy atom. The second kappa shape index (κ2) is 9.07. The Morgan fingerprint density at radius 2 is 1.77 bits per heavy atom. The van der Waals surface area contributed by atoms with E-state index in [4.69, 9.17) is 11.6 Å². The lowest BCUT2D eigenvalue weighted by molar-refractivity contribution is -0.141. The van der Waals surface area contributed by atoms with Crippen molar-refractivity contribution in [1.82, 2.24) is 14.5 Å². The lowest BCUT2D eigenvalue weighted by atomic mass is 10.1. The standard InChI is InChI=1S/C21H22ClN3O5S/c1-3-17(20(27)23-2)24(12-14-8-4-6-10-16(14)22)19(26)13-25-21(28)15-9-5-7-11-18(15)31(25,29)30/h4-11,17H,3,12-13H2,1-2H3,(H,23,27). The number of likely N-dealkylation sites (N-methyl/N-ethyl adjacent to an activating group) is 1. The summed E-state index contributed by atoms with van der Waals surface area (Å²) in [6, 6.07) is 11.8. The van der Waals surface area contributed by atoms with Crippen LogP contribution in [0.2, 0.25) is 5.02 Å². The summed E-state index contributed by atoms with van der Waals surface area (Å²) >= 11 is 6.24. The first-order valence-corrected chi connectivity index (χ1v) is 11.4. The molecule has 0 bridgehead atoms. The number of nitrogens with one attached hydrogen (secondary N) is 1. The van der Waals surface area contributed by atoms with Crippen LogP contribution < -0.4 is 5.32 Å². The number of hydrogen-bond acceptors (Lipinski definition) is 5. The number of amides is 3. The number of halogens is 1. The number of rotatable bonds is 7. The maximum Gasteiger partial charge on any atom is 0.269 e. The van der Waals surface area contributed by atoms with Gasteiger partial charge in [-0.05, 0) is 30.2 Å². The van der Waals surface area contributed by atoms with Crippen LogP contribution >= 0.6 is 11.6 Å². The monoisotopic (exact) mass is 463 g/mol. The van der Waals surface area contributed by atoms with Crippen molar-refractivity contribution in [1.29, 1.82) is 0 Å². The second-order valence-electron chi connectivity index (χ2n) is 6.96. The SMILES string of the molecule is CCC(C(=O)NC)N(Cc1ccccc1Cl)C(=O)CN1C(=O)c2ccccc2S1(=O)=O. The molecule has 1 aliphatic heterocycles. The molecule has 0 aromatic heterocycles. The zero-order valence-corrected chi connectivity index (χ0v) is 18.6. The molecule has 3 rings (SSSR count). The van der Waals surface area contributed by atoms with Crippen LogP contribution in [0.3, 0.4) is 0 Å². The number of hydrogen-bond donors (Lipinski definition) is 1. The summed E-state index contributed by atoms with van der Waals surface area (Å²) in [5.41, 5.74) is 0.616. The van der Waals surface area contributed by atoms with Crippen LogP contribution in [0.15, 0.2) is 53.4 Å². The van der Waals surface area contributed by atoms with Crippen LogP contribution in [0.4, 0.5) is 0 Å². The third kappa shape index (κ3) is 4.28. The van der Waals surface area contributed by atoms with Crippen molar-refractivity contribution in [3.05, 3.63) is 64.7 Å². The molecule has 1 heterocycles. The van der Waals surface area contributed by atoms with Crippen molar-refractivity contribution in [2.75, 3.05) is 13.6 Å². The molecule has 1 atom stereocenters. The van der Waals surface area contributed by atoms with E-state index >= 15 is 0 Å². The molecule has 1 N–H and O–H groups in total. The van der Waals surface area contributed by atoms with Gasteiger partial charge in [0.1, 0.15) is 17.5 Å². The minimum Gasteiger partial charge on any atom is -0.357 e. The highest BCUT2D eigenvalue weighted by atomic mass is 35.5. The first kappa shape index (κ1) is 22.8. The Morgan fingerprint density at radius 1 is 1.13 bits per heavy atom. The van der Waals surface area contributed by atoms with Gasteiger partial charge < -0.3 is 10.2 Å². The van der Waals surface area contributed by atoms with Gasteiger partial charge in [0, 0.05) is 18.6 Å². The first-order valence-electron chi connectivity index (χ1n) is 9.63. The van der Waals surface area contributed by atoms with Crippen LogP contribution in [0.5, 0.6) is 0 Å². The van der Waals surface area contributed by atoms with Crippen molar-refractivity contribution in [3.8, 4) is 0 Å². The van der Waals surface area contributed by atoms with E-state index in [0.29, 0.717) is 14.9 Å². The molecule has 0 saturated carbocycles. The quantitative estimate of drug-likeness (QED) is 0.676. The van der Waals surface area contributed by atoms with Gasteiger partial charge in [0.25, 0.3) is 15.9 Å². The smallest absolute Gasteiger partial charge is 0.269 e. The van der Waals surface area contributed by atoms with Crippen molar-refractivity contribution in [2.24, 2.45) is 0 Å². The van der Waals surface area contributed by atoms with Gasteiger partial charge >= 0.3 is 0 Å². The number of nitrogens with zero attached hydrogens (tertiary/aromatic N) is 2. The molecule has 0 fully saturated rings. The molecule has 0 radical (unpaired) electrons. The van der Waals surface area contributed by atoms with E-state index in [1.165, 1.54) is 30.1 Å². The fraction of sp³-hybridized carbons (Fsp3) is 0.286. The summed E-state index contributed by atoms with van der Waals surface area (Å²) in [6.45, 7) is 1.01. The molecular weight excluding hydrogens is 442 g/mol. The average molecular weight is 464 g/mol. The Balaban J connectivity index is 1.94. The first-order chi connectivity index (χ1) is 14.7. The fourth-order valence-corrected chi connectivity index (χ4v) is 5.21. The topological polar surface area (TPSA) is 104 Å². The zero-order chi connectivity index (χ0) is 22.8. The Labute approximate surface area is 185 Å². The largest absolute Gasteiger partial charge is 0.357 e. The fourth-order valence-electron chi connectivity index (χ4n) is 3.50. The van der Waals surface area contributed by atoms with Crippen LogP contribution in [0.25, 0.3) is 0 Å². The van der Waals surface area contributed by atoms with Gasteiger partial charge in [-0.1, -0.05) is 48.9 Å². The van der Waals surface area contributed by atoms with E-state index in [2.05, 4.69) is 5.32 Å². The van der Waals surface area contributed by atoms with E-state index in [9.17, 15) is 22.8 Å². The Hall–Kier alpha value is -2.91.